The average Bonchev–Trinajstić information content (AvgIpc) is 2.50. The molecule has 1 aliphatic rings. The zero-order valence-corrected chi connectivity index (χ0v) is 7.62. The largest absolute Gasteiger partial charge is 0.376 e. The number of nitrogens with zero attached hydrogens (tertiary/aromatic N) is 1. The fourth-order valence-electron chi connectivity index (χ4n) is 1.62. The van der Waals surface area contributed by atoms with E-state index < -0.39 is 0 Å². The van der Waals surface area contributed by atoms with Crippen LogP contribution < -0.4 is 0 Å². The van der Waals surface area contributed by atoms with Gasteiger partial charge in [0.25, 0.3) is 0 Å². The number of rotatable bonds is 3. The summed E-state index contributed by atoms with van der Waals surface area (Å²) in [6.45, 7) is 0.688. The van der Waals surface area contributed by atoms with Crippen LogP contribution in [0.4, 0.5) is 0 Å². The van der Waals surface area contributed by atoms with Crippen molar-refractivity contribution in [3.8, 4) is 0 Å². The summed E-state index contributed by atoms with van der Waals surface area (Å²) in [6.07, 6.45) is 4.73. The maximum Gasteiger partial charge on any atom is 0.0881 e. The number of methoxy groups -OCH3 is 1. The van der Waals surface area contributed by atoms with Crippen molar-refractivity contribution >= 4 is 17.4 Å². The molecule has 0 radical (unpaired) electrons. The van der Waals surface area contributed by atoms with Crippen LogP contribution in [0.3, 0.4) is 0 Å². The number of isothiocyanates is 1. The Hall–Kier alpha value is -0.240. The molecule has 11 heavy (non-hydrogen) atoms. The first-order valence-electron chi connectivity index (χ1n) is 3.92. The molecular formula is C8H13NOS. The Kier molecular flexibility index (Phi) is 3.18. The van der Waals surface area contributed by atoms with Gasteiger partial charge in [0.05, 0.1) is 17.3 Å². The van der Waals surface area contributed by atoms with Crippen LogP contribution in [0.5, 0.6) is 0 Å². The minimum Gasteiger partial charge on any atom is -0.376 e. The van der Waals surface area contributed by atoms with Gasteiger partial charge in [0.1, 0.15) is 0 Å². The molecule has 3 heteroatoms. The highest BCUT2D eigenvalue weighted by atomic mass is 32.1. The molecule has 1 aliphatic carbocycles. The first kappa shape index (κ1) is 8.85. The quantitative estimate of drug-likeness (QED) is 0.479. The van der Waals surface area contributed by atoms with E-state index in [2.05, 4.69) is 22.4 Å². The fraction of sp³-hybridized carbons (Fsp3) is 0.875. The van der Waals surface area contributed by atoms with E-state index in [4.69, 9.17) is 4.74 Å². The molecule has 0 aromatic heterocycles. The van der Waals surface area contributed by atoms with Crippen molar-refractivity contribution in [2.45, 2.75) is 31.3 Å². The zero-order chi connectivity index (χ0) is 8.16. The summed E-state index contributed by atoms with van der Waals surface area (Å²) < 4.78 is 5.42. The lowest BCUT2D eigenvalue weighted by Crippen LogP contribution is -2.30. The van der Waals surface area contributed by atoms with Gasteiger partial charge >= 0.3 is 0 Å². The van der Waals surface area contributed by atoms with E-state index in [1.165, 1.54) is 12.8 Å². The summed E-state index contributed by atoms with van der Waals surface area (Å²) in [4.78, 5) is 3.94. The third-order valence-corrected chi connectivity index (χ3v) is 2.51. The lowest BCUT2D eigenvalue weighted by atomic mass is 10.0. The highest BCUT2D eigenvalue weighted by Gasteiger charge is 2.33. The highest BCUT2D eigenvalue weighted by molar-refractivity contribution is 7.78. The van der Waals surface area contributed by atoms with Crippen LogP contribution in [0.15, 0.2) is 4.99 Å². The van der Waals surface area contributed by atoms with E-state index >= 15 is 0 Å². The van der Waals surface area contributed by atoms with Gasteiger partial charge in [-0.05, 0) is 25.1 Å². The normalized spacial score (nSPS) is 21.2. The third kappa shape index (κ3) is 2.09. The van der Waals surface area contributed by atoms with E-state index in [1.54, 1.807) is 7.11 Å². The highest BCUT2D eigenvalue weighted by Crippen LogP contribution is 2.32. The molecule has 0 aromatic carbocycles. The minimum atomic E-state index is -0.00812. The fourth-order valence-corrected chi connectivity index (χ4v) is 1.69. The number of thiocarbonyl (C=S) groups is 1. The van der Waals surface area contributed by atoms with Crippen molar-refractivity contribution in [1.82, 2.24) is 0 Å². The Labute approximate surface area is 72.7 Å². The molecule has 62 valence electrons. The summed E-state index contributed by atoms with van der Waals surface area (Å²) in [5, 5.41) is 2.38. The van der Waals surface area contributed by atoms with E-state index in [9.17, 15) is 0 Å². The Bertz CT molecular complexity index is 169. The van der Waals surface area contributed by atoms with Crippen LogP contribution in [0.25, 0.3) is 0 Å². The molecule has 0 atom stereocenters. The van der Waals surface area contributed by atoms with Gasteiger partial charge in [-0.2, -0.15) is 0 Å². The van der Waals surface area contributed by atoms with Crippen molar-refractivity contribution in [2.75, 3.05) is 13.7 Å². The second kappa shape index (κ2) is 3.96. The molecule has 0 heterocycles. The molecule has 0 saturated heterocycles. The second-order valence-corrected chi connectivity index (χ2v) is 3.18. The Balaban J connectivity index is 2.51. The van der Waals surface area contributed by atoms with Crippen molar-refractivity contribution in [3.05, 3.63) is 0 Å². The van der Waals surface area contributed by atoms with E-state index in [0.29, 0.717) is 6.54 Å². The second-order valence-electron chi connectivity index (χ2n) is 3.00. The SMILES string of the molecule is COC1(CN=C=S)CCCC1. The predicted molar refractivity (Wildman–Crippen MR) is 48.1 cm³/mol. The van der Waals surface area contributed by atoms with Crippen molar-refractivity contribution in [2.24, 2.45) is 4.99 Å². The molecule has 1 rings (SSSR count). The summed E-state index contributed by atoms with van der Waals surface area (Å²) in [5.74, 6) is 0. The van der Waals surface area contributed by atoms with Gasteiger partial charge in [0.2, 0.25) is 0 Å². The Morgan fingerprint density at radius 1 is 1.55 bits per heavy atom. The van der Waals surface area contributed by atoms with Gasteiger partial charge in [-0.1, -0.05) is 12.8 Å². The van der Waals surface area contributed by atoms with Crippen molar-refractivity contribution in [3.63, 3.8) is 0 Å². The molecule has 0 amide bonds. The zero-order valence-electron chi connectivity index (χ0n) is 6.80. The topological polar surface area (TPSA) is 21.6 Å². The molecule has 0 aliphatic heterocycles. The van der Waals surface area contributed by atoms with Crippen LogP contribution >= 0.6 is 12.2 Å². The minimum absolute atomic E-state index is 0.00812. The van der Waals surface area contributed by atoms with Gasteiger partial charge in [0, 0.05) is 7.11 Å². The predicted octanol–water partition coefficient (Wildman–Crippen LogP) is 2.05. The molecule has 0 aromatic rings. The van der Waals surface area contributed by atoms with E-state index in [-0.39, 0.29) is 5.60 Å². The first-order valence-corrected chi connectivity index (χ1v) is 4.33. The standard InChI is InChI=1S/C8H13NOS/c1-10-8(6-9-7-11)4-2-3-5-8/h2-6H2,1H3. The van der Waals surface area contributed by atoms with E-state index in [0.717, 1.165) is 12.8 Å². The molecule has 0 spiro atoms. The van der Waals surface area contributed by atoms with Crippen LogP contribution in [0.1, 0.15) is 25.7 Å². The first-order chi connectivity index (χ1) is 5.33. The van der Waals surface area contributed by atoms with Crippen LogP contribution in [-0.2, 0) is 4.74 Å². The number of ether oxygens (including phenoxy) is 1. The lowest BCUT2D eigenvalue weighted by Gasteiger charge is -2.24. The Morgan fingerprint density at radius 3 is 2.64 bits per heavy atom. The summed E-state index contributed by atoms with van der Waals surface area (Å²) in [6, 6.07) is 0. The third-order valence-electron chi connectivity index (χ3n) is 2.38. The summed E-state index contributed by atoms with van der Waals surface area (Å²) in [7, 11) is 1.75. The molecule has 0 bridgehead atoms. The summed E-state index contributed by atoms with van der Waals surface area (Å²) in [5.41, 5.74) is -0.00812. The van der Waals surface area contributed by atoms with Gasteiger partial charge < -0.3 is 4.74 Å². The average molecular weight is 171 g/mol. The molecule has 0 unspecified atom stereocenters. The van der Waals surface area contributed by atoms with Gasteiger partial charge in [-0.15, -0.1) is 0 Å². The molecule has 0 N–H and O–H groups in total. The molecule has 1 saturated carbocycles. The van der Waals surface area contributed by atoms with E-state index in [1.807, 2.05) is 0 Å². The molecule has 1 fully saturated rings. The number of hydrogen-bond donors (Lipinski definition) is 0. The van der Waals surface area contributed by atoms with Crippen molar-refractivity contribution < 1.29 is 4.74 Å². The van der Waals surface area contributed by atoms with Crippen molar-refractivity contribution in [1.29, 1.82) is 0 Å². The van der Waals surface area contributed by atoms with Crippen LogP contribution in [0, 0.1) is 0 Å². The summed E-state index contributed by atoms with van der Waals surface area (Å²) >= 11 is 4.51. The maximum absolute atomic E-state index is 5.42. The number of aliphatic imine (C=N–C) groups is 1. The van der Waals surface area contributed by atoms with Gasteiger partial charge in [-0.25, -0.2) is 4.99 Å². The molecule has 2 nitrogen and oxygen atoms in total. The van der Waals surface area contributed by atoms with Gasteiger partial charge in [0.15, 0.2) is 0 Å². The molecular weight excluding hydrogens is 158 g/mol. The Morgan fingerprint density at radius 2 is 2.18 bits per heavy atom. The maximum atomic E-state index is 5.42. The smallest absolute Gasteiger partial charge is 0.0881 e. The monoisotopic (exact) mass is 171 g/mol. The van der Waals surface area contributed by atoms with Gasteiger partial charge in [-0.3, -0.25) is 0 Å². The van der Waals surface area contributed by atoms with Crippen LogP contribution in [-0.4, -0.2) is 24.4 Å². The number of hydrogen-bond acceptors (Lipinski definition) is 3. The van der Waals surface area contributed by atoms with Crippen LogP contribution in [0.2, 0.25) is 0 Å². The lowest BCUT2D eigenvalue weighted by molar-refractivity contribution is 0.00446.